The van der Waals surface area contributed by atoms with E-state index in [9.17, 15) is 49.5 Å². The van der Waals surface area contributed by atoms with Crippen molar-refractivity contribution in [2.24, 2.45) is 23.7 Å². The topological polar surface area (TPSA) is 354 Å². The summed E-state index contributed by atoms with van der Waals surface area (Å²) in [5.41, 5.74) is -0.806. The number of aliphatic hydroxyl groups excluding tert-OH is 6. The Morgan fingerprint density at radius 3 is 1.96 bits per heavy atom. The molecule has 24 nitrogen and oxygen atoms in total. The summed E-state index contributed by atoms with van der Waals surface area (Å²) in [7, 11) is 6.43. The highest BCUT2D eigenvalue weighted by atomic mass is 16.7. The zero-order chi connectivity index (χ0) is 56.1. The van der Waals surface area contributed by atoms with Gasteiger partial charge in [0.25, 0.3) is 0 Å². The second kappa shape index (κ2) is 29.4. The summed E-state index contributed by atoms with van der Waals surface area (Å²) in [6.45, 7) is 13.6. The first-order valence-electron chi connectivity index (χ1n) is 25.0. The summed E-state index contributed by atoms with van der Waals surface area (Å²) in [5, 5.41) is 88.3. The fraction of sp³-hybridized carbons (Fsp3) is 0.820. The van der Waals surface area contributed by atoms with E-state index in [1.165, 1.54) is 27.2 Å². The van der Waals surface area contributed by atoms with Crippen LogP contribution in [0.1, 0.15) is 87.5 Å². The van der Waals surface area contributed by atoms with E-state index in [1.54, 1.807) is 59.7 Å². The number of ether oxygens (including phenoxy) is 9. The van der Waals surface area contributed by atoms with E-state index in [2.05, 4.69) is 0 Å². The molecule has 4 rings (SSSR count). The molecule has 1 unspecified atom stereocenters. The third kappa shape index (κ3) is 17.3. The summed E-state index contributed by atoms with van der Waals surface area (Å²) < 4.78 is 54.7. The van der Waals surface area contributed by atoms with Gasteiger partial charge in [0.1, 0.15) is 49.0 Å². The van der Waals surface area contributed by atoms with Crippen LogP contribution in [0.2, 0.25) is 0 Å². The number of ketones is 1. The Labute approximate surface area is 432 Å². The number of aliphatic carboxylic acids is 2. The number of esters is 1. The number of hydrogen-bond acceptors (Lipinski definition) is 22. The first-order chi connectivity index (χ1) is 34.5. The molecule has 0 aromatic carbocycles. The minimum Gasteiger partial charge on any atom is -0.479 e. The molecule has 0 aromatic rings. The van der Waals surface area contributed by atoms with Crippen LogP contribution < -0.4 is 0 Å². The number of rotatable bonds is 16. The Morgan fingerprint density at radius 2 is 1.43 bits per heavy atom. The van der Waals surface area contributed by atoms with Crippen molar-refractivity contribution in [2.45, 2.75) is 203 Å². The second-order valence-electron chi connectivity index (χ2n) is 20.3. The predicted octanol–water partition coefficient (Wildman–Crippen LogP) is -0.289. The number of carboxylic acid groups (broad SMARTS) is 2. The van der Waals surface area contributed by atoms with Crippen LogP contribution in [0.25, 0.3) is 0 Å². The van der Waals surface area contributed by atoms with Gasteiger partial charge in [-0.1, -0.05) is 38.5 Å². The molecule has 4 aliphatic heterocycles. The minimum atomic E-state index is -2.27. The zero-order valence-corrected chi connectivity index (χ0v) is 44.4. The second-order valence-corrected chi connectivity index (χ2v) is 20.3. The number of allylic oxidation sites excluding steroid dienone is 3. The van der Waals surface area contributed by atoms with Crippen LogP contribution in [-0.4, -0.2) is 232 Å². The first-order valence-corrected chi connectivity index (χ1v) is 25.0. The molecule has 0 aliphatic carbocycles. The fourth-order valence-electron chi connectivity index (χ4n) is 9.78. The normalized spacial score (nSPS) is 40.7. The van der Waals surface area contributed by atoms with Gasteiger partial charge >= 0.3 is 17.9 Å². The van der Waals surface area contributed by atoms with E-state index >= 15 is 0 Å². The lowest BCUT2D eigenvalue weighted by molar-refractivity contribution is -0.341. The summed E-state index contributed by atoms with van der Waals surface area (Å²) >= 11 is 0. The molecule has 3 fully saturated rings. The molecule has 0 saturated carbocycles. The predicted molar refractivity (Wildman–Crippen MR) is 258 cm³/mol. The maximum Gasteiger partial charge on any atom is 0.335 e. The largest absolute Gasteiger partial charge is 0.479 e. The summed E-state index contributed by atoms with van der Waals surface area (Å²) in [4.78, 5) is 61.1. The SMILES string of the molecule is CC[C@H]1OC(=O)C[C@@H](O)[C@H](C)[C@@H](O[C@@H]2O[C@H](C)[C@@H](O[C@H]3C[C@@](C)(O)[C@@H](O)[C@H](C)O3)[C@H](N(C)C)[C@H]2O)C(CC=O)C[C@@H](C)C(=O)C=CC(C)=C[C@@H]1CO[C@@H]1O[C@H](C)[C@@H](O)[C@@H](OC)[C@H]1OC.O=C(O)[C@H](O)[C@@H](O)C(=O)O. The van der Waals surface area contributed by atoms with Crippen LogP contribution in [0.5, 0.6) is 0 Å². The Morgan fingerprint density at radius 1 is 0.838 bits per heavy atom. The maximum atomic E-state index is 13.8. The molecule has 0 aromatic heterocycles. The molecule has 74 heavy (non-hydrogen) atoms. The molecule has 0 amide bonds. The van der Waals surface area contributed by atoms with Crippen LogP contribution in [0.4, 0.5) is 0 Å². The first kappa shape index (κ1) is 64.9. The highest BCUT2D eigenvalue weighted by Crippen LogP contribution is 2.37. The average molecular weight is 1070 g/mol. The van der Waals surface area contributed by atoms with Crippen LogP contribution in [0.3, 0.4) is 0 Å². The monoisotopic (exact) mass is 1070 g/mol. The van der Waals surface area contributed by atoms with E-state index in [0.717, 1.165) is 6.29 Å². The molecule has 3 saturated heterocycles. The van der Waals surface area contributed by atoms with E-state index in [-0.39, 0.29) is 31.7 Å². The van der Waals surface area contributed by atoms with E-state index < -0.39 is 164 Å². The van der Waals surface area contributed by atoms with Crippen LogP contribution >= 0.6 is 0 Å². The lowest BCUT2D eigenvalue weighted by Crippen LogP contribution is -2.65. The van der Waals surface area contributed by atoms with E-state index in [1.807, 2.05) is 19.9 Å². The minimum absolute atomic E-state index is 0.00788. The van der Waals surface area contributed by atoms with Gasteiger partial charge in [-0.2, -0.15) is 0 Å². The number of aldehydes is 1. The third-order valence-electron chi connectivity index (χ3n) is 14.2. The lowest BCUT2D eigenvalue weighted by atomic mass is 9.79. The Hall–Kier alpha value is -3.41. The number of cyclic esters (lactones) is 1. The number of nitrogens with zero attached hydrogens (tertiary/aromatic N) is 1. The third-order valence-corrected chi connectivity index (χ3v) is 14.2. The molecular formula is C50H83NO23. The van der Waals surface area contributed by atoms with Crippen molar-refractivity contribution in [3.05, 3.63) is 23.8 Å². The number of methoxy groups -OCH3 is 2. The molecule has 426 valence electrons. The average Bonchev–Trinajstić information content (AvgIpc) is 3.33. The molecule has 0 spiro atoms. The van der Waals surface area contributed by atoms with Crippen molar-refractivity contribution in [1.29, 1.82) is 0 Å². The van der Waals surface area contributed by atoms with E-state index in [0.29, 0.717) is 12.0 Å². The number of carboxylic acids is 2. The van der Waals surface area contributed by atoms with Crippen molar-refractivity contribution in [2.75, 3.05) is 34.9 Å². The van der Waals surface area contributed by atoms with Crippen LogP contribution in [0.15, 0.2) is 23.8 Å². The highest BCUT2D eigenvalue weighted by molar-refractivity contribution is 5.91. The molecule has 0 radical (unpaired) electrons. The van der Waals surface area contributed by atoms with Gasteiger partial charge in [0.15, 0.2) is 36.9 Å². The van der Waals surface area contributed by atoms with Crippen molar-refractivity contribution >= 4 is 30.0 Å². The summed E-state index contributed by atoms with van der Waals surface area (Å²) in [5.74, 6) is -7.13. The Kier molecular flexibility index (Phi) is 25.7. The van der Waals surface area contributed by atoms with Crippen molar-refractivity contribution < 1.29 is 113 Å². The maximum absolute atomic E-state index is 13.8. The van der Waals surface area contributed by atoms with Crippen molar-refractivity contribution in [3.63, 3.8) is 0 Å². The summed E-state index contributed by atoms with van der Waals surface area (Å²) in [6.07, 6.45) is -13.0. The van der Waals surface area contributed by atoms with Crippen molar-refractivity contribution in [3.8, 4) is 0 Å². The van der Waals surface area contributed by atoms with E-state index in [4.69, 9.17) is 63.1 Å². The van der Waals surface area contributed by atoms with Gasteiger partial charge < -0.3 is 98.3 Å². The lowest BCUT2D eigenvalue weighted by Gasteiger charge is -2.50. The number of likely N-dealkylation sites (N-methyl/N-ethyl adjacent to an activating group) is 1. The fourth-order valence-corrected chi connectivity index (χ4v) is 9.78. The smallest absolute Gasteiger partial charge is 0.335 e. The molecule has 4 heterocycles. The standard InChI is InChI=1S/C46H77NO17.C4H6O6/c1-13-33-30(22-58-45-42(57-12)41(56-11)37(52)26(5)60-45)18-23(2)14-15-31(49)24(3)19-29(16-17-48)39(25(4)32(50)20-34(51)62-33)64-44-38(53)36(47(9)10)40(27(6)61-44)63-35-21-46(8,55)43(54)28(7)59-35;5-1(3(7)8)2(6)4(9)10/h14-15,17-18,24-30,32-33,35-45,50,52-55H,13,16,19-22H2,1-12H3;1-2,5-6H,(H,7,8)(H,9,10)/t24-,25+,26-,27-,28+,29?,30-,32-,33-,35+,36-,37-,38-,39-,40-,41-,42-,43+,44+,45-,46-;1-,2-/m11/s1. The van der Waals surface area contributed by atoms with Gasteiger partial charge in [-0.3, -0.25) is 9.59 Å². The number of carbonyl (C=O) groups excluding carboxylic acids is 3. The number of aliphatic hydroxyl groups is 7. The van der Waals surface area contributed by atoms with Crippen molar-refractivity contribution in [1.82, 2.24) is 4.90 Å². The number of carbonyl (C=O) groups is 5. The summed E-state index contributed by atoms with van der Waals surface area (Å²) in [6, 6.07) is -0.748. The Bertz CT molecular complexity index is 1850. The molecule has 24 heteroatoms. The number of hydrogen-bond donors (Lipinski definition) is 9. The van der Waals surface area contributed by atoms with Gasteiger partial charge in [0, 0.05) is 44.8 Å². The van der Waals surface area contributed by atoms with Gasteiger partial charge in [-0.05, 0) is 73.5 Å². The van der Waals surface area contributed by atoms with Crippen LogP contribution in [-0.2, 0) is 66.6 Å². The Balaban J connectivity index is 0.00000130. The molecule has 9 N–H and O–H groups in total. The van der Waals surface area contributed by atoms with Gasteiger partial charge in [0.2, 0.25) is 0 Å². The highest BCUT2D eigenvalue weighted by Gasteiger charge is 2.52. The van der Waals surface area contributed by atoms with Gasteiger partial charge in [-0.25, -0.2) is 9.59 Å². The zero-order valence-electron chi connectivity index (χ0n) is 44.4. The quantitative estimate of drug-likeness (QED) is 0.0708. The molecule has 4 aliphatic rings. The van der Waals surface area contributed by atoms with Gasteiger partial charge in [0.05, 0.1) is 55.2 Å². The molecule has 23 atom stereocenters. The molecular weight excluding hydrogens is 983 g/mol. The van der Waals surface area contributed by atoms with Gasteiger partial charge in [-0.15, -0.1) is 0 Å². The van der Waals surface area contributed by atoms with Crippen LogP contribution in [0, 0.1) is 23.7 Å². The molecule has 0 bridgehead atoms.